The number of carbonyl (C=O) groups excluding carboxylic acids is 2. The normalized spacial score (nSPS) is 19.3. The molecule has 2 aromatic rings. The first-order chi connectivity index (χ1) is 15.1. The highest BCUT2D eigenvalue weighted by Crippen LogP contribution is 2.21. The summed E-state index contributed by atoms with van der Waals surface area (Å²) in [7, 11) is 0. The number of hydrogen-bond acceptors (Lipinski definition) is 6. The fourth-order valence-electron chi connectivity index (χ4n) is 4.14. The molecule has 3 heterocycles. The highest BCUT2D eigenvalue weighted by molar-refractivity contribution is 6.30. The Morgan fingerprint density at radius 1 is 1.03 bits per heavy atom. The number of hydrogen-bond donors (Lipinski definition) is 1. The van der Waals surface area contributed by atoms with E-state index in [0.29, 0.717) is 24.7 Å². The van der Waals surface area contributed by atoms with Crippen molar-refractivity contribution in [1.29, 1.82) is 0 Å². The average molecular weight is 443 g/mol. The van der Waals surface area contributed by atoms with Gasteiger partial charge in [0.25, 0.3) is 0 Å². The molecule has 2 saturated heterocycles. The van der Waals surface area contributed by atoms with E-state index >= 15 is 0 Å². The van der Waals surface area contributed by atoms with Gasteiger partial charge in [0.05, 0.1) is 18.7 Å². The van der Waals surface area contributed by atoms with Crippen LogP contribution in [0.4, 0.5) is 11.5 Å². The van der Waals surface area contributed by atoms with E-state index in [1.54, 1.807) is 18.6 Å². The van der Waals surface area contributed by atoms with Crippen molar-refractivity contribution in [1.82, 2.24) is 20.2 Å². The van der Waals surface area contributed by atoms with Gasteiger partial charge in [0, 0.05) is 62.4 Å². The molecule has 8 nitrogen and oxygen atoms in total. The Hall–Kier alpha value is -2.87. The fourth-order valence-corrected chi connectivity index (χ4v) is 4.26. The Bertz CT molecular complexity index is 887. The molecule has 1 N–H and O–H groups in total. The SMILES string of the molecule is O=C(NCC(=O)N1CCN(c2ccc(Cl)cc2)CC1)C1CCCN(c2cnccn2)C1. The fraction of sp³-hybridized carbons (Fsp3) is 0.455. The molecular formula is C22H27ClN6O2. The number of benzene rings is 1. The molecule has 2 amide bonds. The highest BCUT2D eigenvalue weighted by atomic mass is 35.5. The predicted molar refractivity (Wildman–Crippen MR) is 120 cm³/mol. The number of anilines is 2. The first-order valence-corrected chi connectivity index (χ1v) is 11.0. The van der Waals surface area contributed by atoms with Crippen LogP contribution in [0.5, 0.6) is 0 Å². The van der Waals surface area contributed by atoms with Gasteiger partial charge in [-0.1, -0.05) is 11.6 Å². The van der Waals surface area contributed by atoms with E-state index in [1.165, 1.54) is 0 Å². The second kappa shape index (κ2) is 9.96. The van der Waals surface area contributed by atoms with Crippen molar-refractivity contribution >= 4 is 34.9 Å². The lowest BCUT2D eigenvalue weighted by molar-refractivity contribution is -0.134. The van der Waals surface area contributed by atoms with Crippen molar-refractivity contribution in [3.8, 4) is 0 Å². The van der Waals surface area contributed by atoms with Gasteiger partial charge in [0.2, 0.25) is 11.8 Å². The first kappa shape index (κ1) is 21.4. The van der Waals surface area contributed by atoms with Crippen molar-refractivity contribution in [2.45, 2.75) is 12.8 Å². The molecule has 0 radical (unpaired) electrons. The van der Waals surface area contributed by atoms with Gasteiger partial charge in [0.15, 0.2) is 0 Å². The first-order valence-electron chi connectivity index (χ1n) is 10.7. The van der Waals surface area contributed by atoms with E-state index in [1.807, 2.05) is 29.2 Å². The van der Waals surface area contributed by atoms with Gasteiger partial charge >= 0.3 is 0 Å². The standard InChI is InChI=1S/C22H27ClN6O2/c23-18-3-5-19(6-4-18)27-10-12-28(13-11-27)21(30)15-26-22(31)17-2-1-9-29(16-17)20-14-24-7-8-25-20/h3-8,14,17H,1-2,9-13,15-16H2,(H,26,31). The quantitative estimate of drug-likeness (QED) is 0.760. The largest absolute Gasteiger partial charge is 0.368 e. The summed E-state index contributed by atoms with van der Waals surface area (Å²) in [5.74, 6) is 0.535. The number of nitrogens with one attached hydrogen (secondary N) is 1. The summed E-state index contributed by atoms with van der Waals surface area (Å²) < 4.78 is 0. The molecule has 0 bridgehead atoms. The molecule has 31 heavy (non-hydrogen) atoms. The minimum Gasteiger partial charge on any atom is -0.368 e. The molecule has 9 heteroatoms. The van der Waals surface area contributed by atoms with E-state index in [4.69, 9.17) is 11.6 Å². The summed E-state index contributed by atoms with van der Waals surface area (Å²) in [6, 6.07) is 7.74. The zero-order chi connectivity index (χ0) is 21.6. The summed E-state index contributed by atoms with van der Waals surface area (Å²) in [6.45, 7) is 4.30. The van der Waals surface area contributed by atoms with Crippen molar-refractivity contribution < 1.29 is 9.59 Å². The van der Waals surface area contributed by atoms with Crippen LogP contribution in [-0.2, 0) is 9.59 Å². The molecule has 0 spiro atoms. The van der Waals surface area contributed by atoms with Crippen LogP contribution < -0.4 is 15.1 Å². The zero-order valence-electron chi connectivity index (χ0n) is 17.4. The second-order valence-electron chi connectivity index (χ2n) is 7.91. The lowest BCUT2D eigenvalue weighted by Crippen LogP contribution is -2.52. The van der Waals surface area contributed by atoms with Crippen LogP contribution in [0.15, 0.2) is 42.9 Å². The van der Waals surface area contributed by atoms with E-state index in [9.17, 15) is 9.59 Å². The number of halogens is 1. The molecule has 0 saturated carbocycles. The van der Waals surface area contributed by atoms with Crippen LogP contribution >= 0.6 is 11.6 Å². The third kappa shape index (κ3) is 5.44. The van der Waals surface area contributed by atoms with Crippen LogP contribution in [-0.4, -0.2) is 72.5 Å². The van der Waals surface area contributed by atoms with E-state index < -0.39 is 0 Å². The molecular weight excluding hydrogens is 416 g/mol. The summed E-state index contributed by atoms with van der Waals surface area (Å²) in [4.78, 5) is 39.8. The highest BCUT2D eigenvalue weighted by Gasteiger charge is 2.28. The molecule has 4 rings (SSSR count). The van der Waals surface area contributed by atoms with Crippen molar-refractivity contribution in [2.75, 3.05) is 55.6 Å². The van der Waals surface area contributed by atoms with Gasteiger partial charge in [-0.05, 0) is 37.1 Å². The molecule has 164 valence electrons. The van der Waals surface area contributed by atoms with Crippen LogP contribution in [0.1, 0.15) is 12.8 Å². The van der Waals surface area contributed by atoms with Gasteiger partial charge in [-0.2, -0.15) is 0 Å². The van der Waals surface area contributed by atoms with Gasteiger partial charge in [-0.3, -0.25) is 14.6 Å². The Labute approximate surface area is 187 Å². The zero-order valence-corrected chi connectivity index (χ0v) is 18.2. The van der Waals surface area contributed by atoms with Gasteiger partial charge < -0.3 is 20.0 Å². The maximum absolute atomic E-state index is 12.7. The van der Waals surface area contributed by atoms with Gasteiger partial charge in [0.1, 0.15) is 5.82 Å². The lowest BCUT2D eigenvalue weighted by Gasteiger charge is -2.36. The monoisotopic (exact) mass is 442 g/mol. The number of rotatable bonds is 5. The summed E-state index contributed by atoms with van der Waals surface area (Å²) in [5.41, 5.74) is 1.11. The second-order valence-corrected chi connectivity index (χ2v) is 8.35. The van der Waals surface area contributed by atoms with E-state index in [0.717, 1.165) is 44.0 Å². The van der Waals surface area contributed by atoms with Crippen LogP contribution in [0, 0.1) is 5.92 Å². The number of carbonyl (C=O) groups is 2. The maximum atomic E-state index is 12.7. The Balaban J connectivity index is 1.22. The Morgan fingerprint density at radius 2 is 1.81 bits per heavy atom. The predicted octanol–water partition coefficient (Wildman–Crippen LogP) is 1.81. The Kier molecular flexibility index (Phi) is 6.86. The molecule has 0 aliphatic carbocycles. The van der Waals surface area contributed by atoms with Gasteiger partial charge in [-0.25, -0.2) is 4.98 Å². The number of piperazine rings is 1. The topological polar surface area (TPSA) is 81.7 Å². The van der Waals surface area contributed by atoms with Crippen LogP contribution in [0.2, 0.25) is 5.02 Å². The molecule has 2 aliphatic heterocycles. The van der Waals surface area contributed by atoms with Crippen LogP contribution in [0.3, 0.4) is 0 Å². The minimum absolute atomic E-state index is 0.0364. The molecule has 2 fully saturated rings. The number of nitrogens with zero attached hydrogens (tertiary/aromatic N) is 5. The third-order valence-corrected chi connectivity index (χ3v) is 6.16. The van der Waals surface area contributed by atoms with Crippen molar-refractivity contribution in [2.24, 2.45) is 5.92 Å². The maximum Gasteiger partial charge on any atom is 0.242 e. The Morgan fingerprint density at radius 3 is 2.52 bits per heavy atom. The number of aromatic nitrogens is 2. The molecule has 1 aromatic carbocycles. The summed E-state index contributed by atoms with van der Waals surface area (Å²) >= 11 is 5.96. The van der Waals surface area contributed by atoms with Crippen LogP contribution in [0.25, 0.3) is 0 Å². The average Bonchev–Trinajstić information content (AvgIpc) is 2.83. The molecule has 1 aromatic heterocycles. The van der Waals surface area contributed by atoms with E-state index in [2.05, 4.69) is 25.1 Å². The molecule has 1 unspecified atom stereocenters. The summed E-state index contributed by atoms with van der Waals surface area (Å²) in [5, 5.41) is 3.56. The number of piperidine rings is 1. The minimum atomic E-state index is -0.148. The number of amides is 2. The van der Waals surface area contributed by atoms with Crippen molar-refractivity contribution in [3.05, 3.63) is 47.9 Å². The summed E-state index contributed by atoms with van der Waals surface area (Å²) in [6.07, 6.45) is 6.74. The molecule has 1 atom stereocenters. The molecule has 2 aliphatic rings. The van der Waals surface area contributed by atoms with E-state index in [-0.39, 0.29) is 24.3 Å². The van der Waals surface area contributed by atoms with Gasteiger partial charge in [-0.15, -0.1) is 0 Å². The third-order valence-electron chi connectivity index (χ3n) is 5.90. The smallest absolute Gasteiger partial charge is 0.242 e. The lowest BCUT2D eigenvalue weighted by atomic mass is 9.97. The van der Waals surface area contributed by atoms with Crippen molar-refractivity contribution in [3.63, 3.8) is 0 Å².